The van der Waals surface area contributed by atoms with Crippen molar-refractivity contribution in [2.75, 3.05) is 17.3 Å². The van der Waals surface area contributed by atoms with Crippen LogP contribution in [0.15, 0.2) is 76.6 Å². The van der Waals surface area contributed by atoms with E-state index in [0.29, 0.717) is 22.1 Å². The molecule has 1 unspecified atom stereocenters. The van der Waals surface area contributed by atoms with Crippen LogP contribution in [0.1, 0.15) is 24.1 Å². The van der Waals surface area contributed by atoms with Gasteiger partial charge in [0.1, 0.15) is 5.75 Å². The molecule has 2 aromatic carbocycles. The van der Waals surface area contributed by atoms with Crippen molar-refractivity contribution in [2.24, 2.45) is 0 Å². The van der Waals surface area contributed by atoms with Crippen LogP contribution in [0.5, 0.6) is 5.75 Å². The van der Waals surface area contributed by atoms with Gasteiger partial charge in [0.15, 0.2) is 5.11 Å². The molecule has 2 N–H and O–H groups in total. The van der Waals surface area contributed by atoms with Gasteiger partial charge in [-0.1, -0.05) is 24.3 Å². The maximum atomic E-state index is 13.6. The molecule has 2 heterocycles. The lowest BCUT2D eigenvalue weighted by atomic mass is 9.95. The number of thiocarbonyl (C=S) groups is 1. The van der Waals surface area contributed by atoms with Gasteiger partial charge in [0.25, 0.3) is 5.91 Å². The van der Waals surface area contributed by atoms with Crippen LogP contribution < -0.4 is 20.3 Å². The smallest absolute Gasteiger partial charge is 0.255 e. The molecule has 158 valence electrons. The number of hydrogen-bond donors (Lipinski definition) is 2. The zero-order chi connectivity index (χ0) is 22.0. The van der Waals surface area contributed by atoms with Gasteiger partial charge in [-0.25, -0.2) is 0 Å². The number of rotatable bonds is 5. The van der Waals surface area contributed by atoms with Gasteiger partial charge in [-0.3, -0.25) is 9.69 Å². The summed E-state index contributed by atoms with van der Waals surface area (Å²) in [5.74, 6) is 0.405. The second kappa shape index (κ2) is 8.91. The van der Waals surface area contributed by atoms with E-state index >= 15 is 0 Å². The van der Waals surface area contributed by atoms with Gasteiger partial charge in [-0.05, 0) is 78.3 Å². The third-order valence-corrected chi connectivity index (χ3v) is 6.22. The molecular weight excluding hydrogens is 426 g/mol. The van der Waals surface area contributed by atoms with Crippen LogP contribution in [-0.2, 0) is 4.79 Å². The SMILES string of the molecule is COc1ccccc1NC(=O)C1=C(C)N(c2cccc(C)c2)C(=S)NC1c1ccsc1. The summed E-state index contributed by atoms with van der Waals surface area (Å²) in [7, 11) is 1.59. The fraction of sp³-hybridized carbons (Fsp3) is 0.167. The Balaban J connectivity index is 1.80. The van der Waals surface area contributed by atoms with E-state index < -0.39 is 0 Å². The van der Waals surface area contributed by atoms with Gasteiger partial charge < -0.3 is 15.4 Å². The number of nitrogens with zero attached hydrogens (tertiary/aromatic N) is 1. The lowest BCUT2D eigenvalue weighted by molar-refractivity contribution is -0.113. The first-order valence-corrected chi connectivity index (χ1v) is 11.2. The number of allylic oxidation sites excluding steroid dienone is 1. The molecule has 0 radical (unpaired) electrons. The van der Waals surface area contributed by atoms with Crippen molar-refractivity contribution >= 4 is 45.9 Å². The highest BCUT2D eigenvalue weighted by molar-refractivity contribution is 7.80. The first-order chi connectivity index (χ1) is 15.0. The summed E-state index contributed by atoms with van der Waals surface area (Å²) in [5.41, 5.74) is 5.06. The van der Waals surface area contributed by atoms with E-state index in [0.717, 1.165) is 22.5 Å². The molecule has 1 amide bonds. The molecule has 0 fully saturated rings. The van der Waals surface area contributed by atoms with E-state index in [1.807, 2.05) is 78.0 Å². The second-order valence-electron chi connectivity index (χ2n) is 7.27. The van der Waals surface area contributed by atoms with Crippen LogP contribution in [0.3, 0.4) is 0 Å². The summed E-state index contributed by atoms with van der Waals surface area (Å²) in [6.45, 7) is 3.97. The maximum Gasteiger partial charge on any atom is 0.255 e. The molecule has 7 heteroatoms. The van der Waals surface area contributed by atoms with E-state index in [9.17, 15) is 4.79 Å². The highest BCUT2D eigenvalue weighted by Crippen LogP contribution is 2.35. The fourth-order valence-corrected chi connectivity index (χ4v) is 4.79. The van der Waals surface area contributed by atoms with Crippen molar-refractivity contribution in [3.05, 3.63) is 87.8 Å². The zero-order valence-electron chi connectivity index (χ0n) is 17.5. The Labute approximate surface area is 191 Å². The van der Waals surface area contributed by atoms with Gasteiger partial charge in [0, 0.05) is 11.4 Å². The fourth-order valence-electron chi connectivity index (χ4n) is 3.74. The quantitative estimate of drug-likeness (QED) is 0.510. The van der Waals surface area contributed by atoms with E-state index in [1.54, 1.807) is 18.4 Å². The number of ether oxygens (including phenoxy) is 1. The molecule has 0 bridgehead atoms. The normalized spacial score (nSPS) is 16.2. The van der Waals surface area contributed by atoms with Crippen molar-refractivity contribution in [3.8, 4) is 5.75 Å². The van der Waals surface area contributed by atoms with Gasteiger partial charge in [-0.2, -0.15) is 11.3 Å². The van der Waals surface area contributed by atoms with E-state index in [1.165, 1.54) is 0 Å². The summed E-state index contributed by atoms with van der Waals surface area (Å²) in [4.78, 5) is 15.5. The Bertz CT molecular complexity index is 1160. The number of anilines is 2. The third-order valence-electron chi connectivity index (χ3n) is 5.22. The number of methoxy groups -OCH3 is 1. The molecule has 1 aliphatic rings. The number of aryl methyl sites for hydroxylation is 1. The predicted molar refractivity (Wildman–Crippen MR) is 131 cm³/mol. The lowest BCUT2D eigenvalue weighted by Gasteiger charge is -2.37. The van der Waals surface area contributed by atoms with Crippen LogP contribution >= 0.6 is 23.6 Å². The molecule has 0 spiro atoms. The van der Waals surface area contributed by atoms with Crippen molar-refractivity contribution in [2.45, 2.75) is 19.9 Å². The minimum atomic E-state index is -0.338. The topological polar surface area (TPSA) is 53.6 Å². The highest BCUT2D eigenvalue weighted by atomic mass is 32.1. The number of para-hydroxylation sites is 2. The minimum Gasteiger partial charge on any atom is -0.495 e. The van der Waals surface area contributed by atoms with E-state index in [4.69, 9.17) is 17.0 Å². The zero-order valence-corrected chi connectivity index (χ0v) is 19.1. The molecular formula is C24H23N3O2S2. The van der Waals surface area contributed by atoms with Gasteiger partial charge in [0.05, 0.1) is 24.4 Å². The van der Waals surface area contributed by atoms with Gasteiger partial charge >= 0.3 is 0 Å². The molecule has 1 aromatic heterocycles. The predicted octanol–water partition coefficient (Wildman–Crippen LogP) is 5.41. The van der Waals surface area contributed by atoms with Crippen LogP contribution in [0, 0.1) is 6.92 Å². The number of carbonyl (C=O) groups is 1. The summed E-state index contributed by atoms with van der Waals surface area (Å²) in [5, 5.41) is 11.0. The van der Waals surface area contributed by atoms with Crippen molar-refractivity contribution < 1.29 is 9.53 Å². The number of thiophene rings is 1. The summed E-state index contributed by atoms with van der Waals surface area (Å²) in [6, 6.07) is 17.1. The molecule has 3 aromatic rings. The third kappa shape index (κ3) is 4.19. The molecule has 31 heavy (non-hydrogen) atoms. The van der Waals surface area contributed by atoms with E-state index in [-0.39, 0.29) is 11.9 Å². The number of hydrogen-bond acceptors (Lipinski definition) is 4. The van der Waals surface area contributed by atoms with Gasteiger partial charge in [-0.15, -0.1) is 0 Å². The summed E-state index contributed by atoms with van der Waals surface area (Å²) < 4.78 is 5.40. The number of carbonyl (C=O) groups excluding carboxylic acids is 1. The highest BCUT2D eigenvalue weighted by Gasteiger charge is 2.35. The molecule has 0 saturated carbocycles. The Hall–Kier alpha value is -3.16. The van der Waals surface area contributed by atoms with Crippen LogP contribution in [-0.4, -0.2) is 18.1 Å². The first kappa shape index (κ1) is 21.1. The Kier molecular flexibility index (Phi) is 6.06. The lowest BCUT2D eigenvalue weighted by Crippen LogP contribution is -2.48. The summed E-state index contributed by atoms with van der Waals surface area (Å²) >= 11 is 7.31. The molecule has 1 aliphatic heterocycles. The van der Waals surface area contributed by atoms with Crippen molar-refractivity contribution in [1.82, 2.24) is 5.32 Å². The minimum absolute atomic E-state index is 0.203. The maximum absolute atomic E-state index is 13.6. The molecule has 5 nitrogen and oxygen atoms in total. The largest absolute Gasteiger partial charge is 0.495 e. The standard InChI is InChI=1S/C24H23N3O2S2/c1-15-7-6-8-18(13-15)27-16(2)21(22(26-24(27)30)17-11-12-31-14-17)23(28)25-19-9-4-5-10-20(19)29-3/h4-14,22H,1-3H3,(H,25,28)(H,26,30). The Morgan fingerprint density at radius 3 is 2.68 bits per heavy atom. The van der Waals surface area contributed by atoms with Crippen LogP contribution in [0.4, 0.5) is 11.4 Å². The molecule has 4 rings (SSSR count). The molecule has 1 atom stereocenters. The van der Waals surface area contributed by atoms with Crippen molar-refractivity contribution in [1.29, 1.82) is 0 Å². The van der Waals surface area contributed by atoms with Crippen LogP contribution in [0.25, 0.3) is 0 Å². The number of amides is 1. The Morgan fingerprint density at radius 1 is 1.16 bits per heavy atom. The average Bonchev–Trinajstić information content (AvgIpc) is 3.28. The Morgan fingerprint density at radius 2 is 1.97 bits per heavy atom. The average molecular weight is 450 g/mol. The van der Waals surface area contributed by atoms with E-state index in [2.05, 4.69) is 16.7 Å². The number of nitrogens with one attached hydrogen (secondary N) is 2. The molecule has 0 aliphatic carbocycles. The van der Waals surface area contributed by atoms with Crippen LogP contribution in [0.2, 0.25) is 0 Å². The number of benzene rings is 2. The first-order valence-electron chi connectivity index (χ1n) is 9.84. The monoisotopic (exact) mass is 449 g/mol. The van der Waals surface area contributed by atoms with Gasteiger partial charge in [0.2, 0.25) is 0 Å². The molecule has 0 saturated heterocycles. The van der Waals surface area contributed by atoms with Crippen molar-refractivity contribution in [3.63, 3.8) is 0 Å². The summed E-state index contributed by atoms with van der Waals surface area (Å²) in [6.07, 6.45) is 0. The second-order valence-corrected chi connectivity index (χ2v) is 8.43.